The standard InChI is InChI=1S/C6H12F2O2/c1-2-3-4-10-6(9)5(7)8/h5-6,9H,2-4H2,1H3. The summed E-state index contributed by atoms with van der Waals surface area (Å²) in [6, 6.07) is 0. The lowest BCUT2D eigenvalue weighted by atomic mass is 10.4. The molecule has 10 heavy (non-hydrogen) atoms. The summed E-state index contributed by atoms with van der Waals surface area (Å²) < 4.78 is 27.3. The zero-order valence-electron chi connectivity index (χ0n) is 5.89. The molecule has 0 aliphatic heterocycles. The molecule has 0 aromatic heterocycles. The number of hydrogen-bond acceptors (Lipinski definition) is 2. The molecule has 0 aliphatic carbocycles. The predicted octanol–water partition coefficient (Wildman–Crippen LogP) is 1.39. The molecule has 2 nitrogen and oxygen atoms in total. The number of aliphatic hydroxyl groups is 1. The Morgan fingerprint density at radius 1 is 1.50 bits per heavy atom. The summed E-state index contributed by atoms with van der Waals surface area (Å²) in [6.07, 6.45) is -3.14. The number of hydrogen-bond donors (Lipinski definition) is 1. The van der Waals surface area contributed by atoms with Gasteiger partial charge in [0.25, 0.3) is 6.43 Å². The highest BCUT2D eigenvalue weighted by molar-refractivity contribution is 4.42. The highest BCUT2D eigenvalue weighted by atomic mass is 19.3. The molecule has 0 saturated heterocycles. The molecule has 0 aliphatic rings. The molecule has 0 spiro atoms. The number of unbranched alkanes of at least 4 members (excludes halogenated alkanes) is 1. The zero-order chi connectivity index (χ0) is 7.98. The first-order chi connectivity index (χ1) is 4.68. The van der Waals surface area contributed by atoms with Gasteiger partial charge in [0.05, 0.1) is 0 Å². The quantitative estimate of drug-likeness (QED) is 0.479. The summed E-state index contributed by atoms with van der Waals surface area (Å²) >= 11 is 0. The maximum atomic E-state index is 11.5. The van der Waals surface area contributed by atoms with Gasteiger partial charge in [-0.2, -0.15) is 0 Å². The second-order valence-corrected chi connectivity index (χ2v) is 1.95. The van der Waals surface area contributed by atoms with Crippen molar-refractivity contribution < 1.29 is 18.6 Å². The van der Waals surface area contributed by atoms with E-state index in [9.17, 15) is 8.78 Å². The van der Waals surface area contributed by atoms with Crippen LogP contribution in [0.2, 0.25) is 0 Å². The van der Waals surface area contributed by atoms with E-state index in [1.165, 1.54) is 0 Å². The van der Waals surface area contributed by atoms with Crippen molar-refractivity contribution in [2.45, 2.75) is 32.5 Å². The maximum absolute atomic E-state index is 11.5. The second-order valence-electron chi connectivity index (χ2n) is 1.95. The Labute approximate surface area is 58.8 Å². The van der Waals surface area contributed by atoms with Crippen LogP contribution in [0.3, 0.4) is 0 Å². The van der Waals surface area contributed by atoms with Gasteiger partial charge in [0.1, 0.15) is 0 Å². The summed E-state index contributed by atoms with van der Waals surface area (Å²) in [5.74, 6) is 0. The first kappa shape index (κ1) is 9.78. The van der Waals surface area contributed by atoms with Gasteiger partial charge in [-0.25, -0.2) is 8.78 Å². The lowest BCUT2D eigenvalue weighted by Crippen LogP contribution is -2.21. The topological polar surface area (TPSA) is 29.5 Å². The molecule has 0 fully saturated rings. The van der Waals surface area contributed by atoms with Crippen LogP contribution in [0.25, 0.3) is 0 Å². The van der Waals surface area contributed by atoms with Crippen LogP contribution in [0.15, 0.2) is 0 Å². The molecule has 4 heteroatoms. The van der Waals surface area contributed by atoms with E-state index in [0.717, 1.165) is 6.42 Å². The summed E-state index contributed by atoms with van der Waals surface area (Å²) in [4.78, 5) is 0. The van der Waals surface area contributed by atoms with Gasteiger partial charge in [-0.15, -0.1) is 0 Å². The third-order valence-corrected chi connectivity index (χ3v) is 1.00. The maximum Gasteiger partial charge on any atom is 0.288 e. The van der Waals surface area contributed by atoms with E-state index in [4.69, 9.17) is 5.11 Å². The van der Waals surface area contributed by atoms with E-state index in [1.54, 1.807) is 0 Å². The largest absolute Gasteiger partial charge is 0.363 e. The smallest absolute Gasteiger partial charge is 0.288 e. The third kappa shape index (κ3) is 4.64. The van der Waals surface area contributed by atoms with Crippen molar-refractivity contribution in [3.8, 4) is 0 Å². The molecule has 0 saturated carbocycles. The number of rotatable bonds is 5. The first-order valence-corrected chi connectivity index (χ1v) is 3.26. The first-order valence-electron chi connectivity index (χ1n) is 3.26. The number of alkyl halides is 2. The normalized spacial score (nSPS) is 14.1. The lowest BCUT2D eigenvalue weighted by molar-refractivity contribution is -0.175. The van der Waals surface area contributed by atoms with Crippen molar-refractivity contribution in [3.63, 3.8) is 0 Å². The van der Waals surface area contributed by atoms with Gasteiger partial charge >= 0.3 is 0 Å². The molecule has 0 aromatic rings. The highest BCUT2D eigenvalue weighted by Gasteiger charge is 2.15. The Morgan fingerprint density at radius 2 is 2.10 bits per heavy atom. The molecule has 0 amide bonds. The van der Waals surface area contributed by atoms with Crippen molar-refractivity contribution in [1.29, 1.82) is 0 Å². The molecular formula is C6H12F2O2. The monoisotopic (exact) mass is 154 g/mol. The minimum absolute atomic E-state index is 0.196. The van der Waals surface area contributed by atoms with Gasteiger partial charge in [-0.3, -0.25) is 0 Å². The Hall–Kier alpha value is -0.220. The van der Waals surface area contributed by atoms with Crippen molar-refractivity contribution in [2.24, 2.45) is 0 Å². The molecule has 0 aromatic carbocycles. The van der Waals surface area contributed by atoms with E-state index in [-0.39, 0.29) is 6.61 Å². The summed E-state index contributed by atoms with van der Waals surface area (Å²) in [5, 5.41) is 8.38. The molecular weight excluding hydrogens is 142 g/mol. The number of ether oxygens (including phenoxy) is 1. The van der Waals surface area contributed by atoms with Crippen LogP contribution >= 0.6 is 0 Å². The van der Waals surface area contributed by atoms with Crippen molar-refractivity contribution in [3.05, 3.63) is 0 Å². The number of aliphatic hydroxyl groups excluding tert-OH is 1. The SMILES string of the molecule is CCCCOC(O)C(F)F. The highest BCUT2D eigenvalue weighted by Crippen LogP contribution is 2.02. The fourth-order valence-corrected chi connectivity index (χ4v) is 0.421. The fourth-order valence-electron chi connectivity index (χ4n) is 0.421. The Kier molecular flexibility index (Phi) is 5.43. The Balaban J connectivity index is 3.13. The Morgan fingerprint density at radius 3 is 2.50 bits per heavy atom. The van der Waals surface area contributed by atoms with Crippen LogP contribution < -0.4 is 0 Å². The van der Waals surface area contributed by atoms with Crippen LogP contribution in [0.4, 0.5) is 8.78 Å². The van der Waals surface area contributed by atoms with Crippen LogP contribution in [0.5, 0.6) is 0 Å². The fraction of sp³-hybridized carbons (Fsp3) is 1.00. The van der Waals surface area contributed by atoms with E-state index in [2.05, 4.69) is 4.74 Å². The van der Waals surface area contributed by atoms with Gasteiger partial charge in [0, 0.05) is 6.61 Å². The van der Waals surface area contributed by atoms with E-state index in [1.807, 2.05) is 6.92 Å². The zero-order valence-corrected chi connectivity index (χ0v) is 5.89. The van der Waals surface area contributed by atoms with E-state index in [0.29, 0.717) is 6.42 Å². The molecule has 1 unspecified atom stereocenters. The van der Waals surface area contributed by atoms with Crippen LogP contribution in [-0.4, -0.2) is 24.4 Å². The van der Waals surface area contributed by atoms with Gasteiger partial charge in [-0.1, -0.05) is 13.3 Å². The third-order valence-electron chi connectivity index (χ3n) is 1.00. The van der Waals surface area contributed by atoms with Crippen molar-refractivity contribution in [2.75, 3.05) is 6.61 Å². The van der Waals surface area contributed by atoms with Crippen molar-refractivity contribution >= 4 is 0 Å². The average molecular weight is 154 g/mol. The molecule has 0 radical (unpaired) electrons. The minimum Gasteiger partial charge on any atom is -0.363 e. The van der Waals surface area contributed by atoms with Gasteiger partial charge < -0.3 is 9.84 Å². The van der Waals surface area contributed by atoms with Crippen molar-refractivity contribution in [1.82, 2.24) is 0 Å². The molecule has 0 heterocycles. The van der Waals surface area contributed by atoms with E-state index >= 15 is 0 Å². The average Bonchev–Trinajstić information content (AvgIpc) is 1.88. The van der Waals surface area contributed by atoms with Gasteiger partial charge in [0.2, 0.25) is 6.29 Å². The summed E-state index contributed by atoms with van der Waals surface area (Å²) in [7, 11) is 0. The van der Waals surface area contributed by atoms with Crippen LogP contribution in [-0.2, 0) is 4.74 Å². The molecule has 62 valence electrons. The van der Waals surface area contributed by atoms with Gasteiger partial charge in [0.15, 0.2) is 0 Å². The Bertz CT molecular complexity index is 78.1. The molecule has 1 atom stereocenters. The lowest BCUT2D eigenvalue weighted by Gasteiger charge is -2.09. The molecule has 0 bridgehead atoms. The molecule has 1 N–H and O–H groups in total. The second kappa shape index (κ2) is 5.56. The van der Waals surface area contributed by atoms with Crippen LogP contribution in [0, 0.1) is 0 Å². The summed E-state index contributed by atoms with van der Waals surface area (Å²) in [6.45, 7) is 2.11. The molecule has 0 rings (SSSR count). The minimum atomic E-state index is -2.79. The van der Waals surface area contributed by atoms with E-state index < -0.39 is 12.7 Å². The predicted molar refractivity (Wildman–Crippen MR) is 32.9 cm³/mol. The van der Waals surface area contributed by atoms with Gasteiger partial charge in [-0.05, 0) is 6.42 Å². The van der Waals surface area contributed by atoms with Crippen LogP contribution in [0.1, 0.15) is 19.8 Å². The summed E-state index contributed by atoms with van der Waals surface area (Å²) in [5.41, 5.74) is 0. The number of halogens is 2.